The number of nitrogens with zero attached hydrogens (tertiary/aromatic N) is 1. The second-order valence-electron chi connectivity index (χ2n) is 0.341. The summed E-state index contributed by atoms with van der Waals surface area (Å²) in [5.74, 6) is 0. The summed E-state index contributed by atoms with van der Waals surface area (Å²) in [6.07, 6.45) is 0. The third-order valence-electron chi connectivity index (χ3n) is 0.0913. The van der Waals surface area contributed by atoms with Crippen molar-refractivity contribution in [3.63, 3.8) is 0 Å². The maximum atomic E-state index is 5.95. The molecule has 0 aromatic rings. The lowest BCUT2D eigenvalue weighted by Crippen LogP contribution is -1.87. The van der Waals surface area contributed by atoms with Gasteiger partial charge in [0.1, 0.15) is 0 Å². The van der Waals surface area contributed by atoms with Gasteiger partial charge in [-0.2, -0.15) is 0 Å². The lowest BCUT2D eigenvalue weighted by Gasteiger charge is -1.54. The SMILES string of the molecule is [C-]#[N+]CN. The van der Waals surface area contributed by atoms with Crippen molar-refractivity contribution in [1.29, 1.82) is 0 Å². The zero-order valence-corrected chi connectivity index (χ0v) is 2.23. The highest BCUT2D eigenvalue weighted by molar-refractivity contribution is 4.45. The Labute approximate surface area is 25.0 Å². The zero-order valence-electron chi connectivity index (χ0n) is 2.23. The average Bonchev–Trinajstić information content (AvgIpc) is 1.37. The summed E-state index contributed by atoms with van der Waals surface area (Å²) in [7, 11) is 0. The van der Waals surface area contributed by atoms with Gasteiger partial charge in [0.25, 0.3) is 6.67 Å². The van der Waals surface area contributed by atoms with Gasteiger partial charge < -0.3 is 0 Å². The second-order valence-corrected chi connectivity index (χ2v) is 0.341. The summed E-state index contributed by atoms with van der Waals surface area (Å²) in [6, 6.07) is 0. The molecule has 0 aliphatic heterocycles. The molecule has 0 saturated carbocycles. The van der Waals surface area contributed by atoms with Gasteiger partial charge in [-0.3, -0.25) is 10.6 Å². The molecule has 0 fully saturated rings. The molecule has 0 atom stereocenters. The third-order valence-corrected chi connectivity index (χ3v) is 0.0913. The van der Waals surface area contributed by atoms with E-state index in [1.165, 1.54) is 0 Å². The van der Waals surface area contributed by atoms with Gasteiger partial charge in [0.15, 0.2) is 0 Å². The van der Waals surface area contributed by atoms with Crippen molar-refractivity contribution in [3.8, 4) is 0 Å². The first kappa shape index (κ1) is 3.45. The van der Waals surface area contributed by atoms with Gasteiger partial charge in [-0.05, 0) is 0 Å². The first-order valence-electron chi connectivity index (χ1n) is 0.948. The minimum absolute atomic E-state index is 0.111. The van der Waals surface area contributed by atoms with Crippen LogP contribution in [0.3, 0.4) is 0 Å². The monoisotopic (exact) mass is 56.0 g/mol. The van der Waals surface area contributed by atoms with Crippen LogP contribution in [0.2, 0.25) is 0 Å². The Morgan fingerprint density at radius 1 is 2.00 bits per heavy atom. The largest absolute Gasteiger partial charge is 0.300 e. The van der Waals surface area contributed by atoms with E-state index in [9.17, 15) is 0 Å². The minimum Gasteiger partial charge on any atom is -0.300 e. The molecule has 0 unspecified atom stereocenters. The Balaban J connectivity index is 2.43. The fraction of sp³-hybridized carbons (Fsp3) is 0.500. The van der Waals surface area contributed by atoms with Crippen molar-refractivity contribution in [2.24, 2.45) is 5.73 Å². The van der Waals surface area contributed by atoms with Crippen LogP contribution in [0.5, 0.6) is 0 Å². The molecular weight excluding hydrogens is 52.0 g/mol. The molecule has 0 saturated heterocycles. The molecule has 0 aliphatic rings. The number of hydrogen-bond acceptors (Lipinski definition) is 1. The zero-order chi connectivity index (χ0) is 3.41. The molecular formula is C2H4N2. The van der Waals surface area contributed by atoms with Crippen molar-refractivity contribution in [2.45, 2.75) is 0 Å². The van der Waals surface area contributed by atoms with Gasteiger partial charge in [0.05, 0.1) is 0 Å². The van der Waals surface area contributed by atoms with Crippen LogP contribution in [0.1, 0.15) is 0 Å². The lowest BCUT2D eigenvalue weighted by atomic mass is 11.2. The van der Waals surface area contributed by atoms with Gasteiger partial charge in [-0.15, -0.1) is 0 Å². The summed E-state index contributed by atoms with van der Waals surface area (Å²) >= 11 is 0. The molecule has 0 amide bonds. The topological polar surface area (TPSA) is 30.4 Å². The Kier molecular flexibility index (Phi) is 2.11. The Hall–Kier alpha value is -0.550. The van der Waals surface area contributed by atoms with Crippen molar-refractivity contribution in [3.05, 3.63) is 11.4 Å². The van der Waals surface area contributed by atoms with Crippen LogP contribution in [0.15, 0.2) is 0 Å². The average molecular weight is 56.1 g/mol. The highest BCUT2D eigenvalue weighted by Crippen LogP contribution is 1.39. The van der Waals surface area contributed by atoms with Gasteiger partial charge in [-0.1, -0.05) is 0 Å². The van der Waals surface area contributed by atoms with E-state index in [-0.39, 0.29) is 6.67 Å². The van der Waals surface area contributed by atoms with E-state index in [0.717, 1.165) is 0 Å². The fourth-order valence-electron chi connectivity index (χ4n) is 0. The molecule has 0 rings (SSSR count). The predicted molar refractivity (Wildman–Crippen MR) is 15.7 cm³/mol. The van der Waals surface area contributed by atoms with Crippen LogP contribution in [-0.4, -0.2) is 6.67 Å². The fourth-order valence-corrected chi connectivity index (χ4v) is 0. The van der Waals surface area contributed by atoms with E-state index in [0.29, 0.717) is 0 Å². The van der Waals surface area contributed by atoms with Crippen LogP contribution in [0.4, 0.5) is 0 Å². The molecule has 0 aliphatic carbocycles. The molecule has 4 heavy (non-hydrogen) atoms. The van der Waals surface area contributed by atoms with Crippen molar-refractivity contribution in [1.82, 2.24) is 0 Å². The van der Waals surface area contributed by atoms with E-state index < -0.39 is 0 Å². The van der Waals surface area contributed by atoms with Crippen molar-refractivity contribution in [2.75, 3.05) is 6.67 Å². The standard InChI is InChI=1S/C2H4N2/c1-4-2-3/h2-3H2. The predicted octanol–water partition coefficient (Wildman–Crippen LogP) is -0.178. The second kappa shape index (κ2) is 2.45. The molecule has 2 N–H and O–H groups in total. The Bertz CT molecular complexity index is 33.8. The Morgan fingerprint density at radius 3 is 2.25 bits per heavy atom. The maximum Gasteiger partial charge on any atom is 0.265 e. The first-order chi connectivity index (χ1) is 1.91. The van der Waals surface area contributed by atoms with Crippen molar-refractivity contribution >= 4 is 0 Å². The van der Waals surface area contributed by atoms with Crippen LogP contribution in [-0.2, 0) is 0 Å². The molecule has 2 nitrogen and oxygen atoms in total. The highest BCUT2D eigenvalue weighted by Gasteiger charge is 1.47. The molecule has 0 aromatic heterocycles. The van der Waals surface area contributed by atoms with Gasteiger partial charge >= 0.3 is 0 Å². The van der Waals surface area contributed by atoms with Crippen LogP contribution >= 0.6 is 0 Å². The summed E-state index contributed by atoms with van der Waals surface area (Å²) in [4.78, 5) is 2.76. The highest BCUT2D eigenvalue weighted by atomic mass is 14.8. The van der Waals surface area contributed by atoms with E-state index in [1.807, 2.05) is 0 Å². The van der Waals surface area contributed by atoms with E-state index in [1.54, 1.807) is 0 Å². The number of hydrogen-bond donors (Lipinski definition) is 1. The van der Waals surface area contributed by atoms with Gasteiger partial charge in [0, 0.05) is 0 Å². The molecule has 2 heteroatoms. The minimum atomic E-state index is 0.111. The molecule has 0 spiro atoms. The molecule has 22 valence electrons. The molecule has 0 bridgehead atoms. The molecule has 0 heterocycles. The quantitative estimate of drug-likeness (QED) is 0.383. The van der Waals surface area contributed by atoms with Crippen LogP contribution in [0.25, 0.3) is 4.85 Å². The lowest BCUT2D eigenvalue weighted by molar-refractivity contribution is 1.25. The van der Waals surface area contributed by atoms with Crippen molar-refractivity contribution < 1.29 is 0 Å². The first-order valence-corrected chi connectivity index (χ1v) is 0.948. The Morgan fingerprint density at radius 2 is 2.25 bits per heavy atom. The maximum absolute atomic E-state index is 5.95. The number of rotatable bonds is 0. The van der Waals surface area contributed by atoms with Gasteiger partial charge in [-0.25, -0.2) is 6.57 Å². The third kappa shape index (κ3) is 1.45. The summed E-state index contributed by atoms with van der Waals surface area (Å²) in [5, 5.41) is 0. The van der Waals surface area contributed by atoms with E-state index in [4.69, 9.17) is 6.57 Å². The summed E-state index contributed by atoms with van der Waals surface area (Å²) in [6.45, 7) is 6.06. The number of nitrogens with two attached hydrogens (primary N) is 1. The summed E-state index contributed by atoms with van der Waals surface area (Å²) < 4.78 is 0. The van der Waals surface area contributed by atoms with Crippen LogP contribution < -0.4 is 5.73 Å². The van der Waals surface area contributed by atoms with Gasteiger partial charge in [0.2, 0.25) is 0 Å². The smallest absolute Gasteiger partial charge is 0.265 e. The van der Waals surface area contributed by atoms with Crippen LogP contribution in [0, 0.1) is 6.57 Å². The molecule has 0 radical (unpaired) electrons. The van der Waals surface area contributed by atoms with E-state index in [2.05, 4.69) is 10.6 Å². The molecule has 0 aromatic carbocycles. The summed E-state index contributed by atoms with van der Waals surface area (Å²) in [5.41, 5.74) is 4.67. The normalized spacial score (nSPS) is 5.00. The van der Waals surface area contributed by atoms with E-state index >= 15 is 0 Å².